The summed E-state index contributed by atoms with van der Waals surface area (Å²) >= 11 is 0. The molecule has 0 radical (unpaired) electrons. The second-order valence-corrected chi connectivity index (χ2v) is 5.46. The van der Waals surface area contributed by atoms with Gasteiger partial charge in [0.2, 0.25) is 0 Å². The van der Waals surface area contributed by atoms with Gasteiger partial charge in [-0.3, -0.25) is 9.59 Å². The Morgan fingerprint density at radius 2 is 2.09 bits per heavy atom. The molecule has 2 aromatic rings. The highest BCUT2D eigenvalue weighted by Gasteiger charge is 2.13. The van der Waals surface area contributed by atoms with E-state index in [1.54, 1.807) is 30.5 Å². The third kappa shape index (κ3) is 4.08. The van der Waals surface area contributed by atoms with E-state index < -0.39 is 0 Å². The quantitative estimate of drug-likeness (QED) is 0.870. The number of nitrogens with zero attached hydrogens (tertiary/aromatic N) is 2. The first-order valence-corrected chi connectivity index (χ1v) is 7.16. The van der Waals surface area contributed by atoms with Crippen LogP contribution in [0.2, 0.25) is 0 Å². The Labute approximate surface area is 129 Å². The maximum absolute atomic E-state index is 12.0. The first kappa shape index (κ1) is 16.0. The van der Waals surface area contributed by atoms with Gasteiger partial charge in [-0.15, -0.1) is 0 Å². The van der Waals surface area contributed by atoms with Crippen molar-refractivity contribution < 1.29 is 9.21 Å². The molecule has 2 aromatic heterocycles. The molecule has 1 amide bonds. The normalized spacial score (nSPS) is 12.4. The average Bonchev–Trinajstić information content (AvgIpc) is 2.95. The summed E-state index contributed by atoms with van der Waals surface area (Å²) in [5.74, 6) is 0.574. The molecule has 0 saturated heterocycles. The Morgan fingerprint density at radius 3 is 2.77 bits per heavy atom. The van der Waals surface area contributed by atoms with Crippen LogP contribution in [0.1, 0.15) is 23.2 Å². The molecular weight excluding hydrogens is 282 g/mol. The first-order valence-electron chi connectivity index (χ1n) is 7.16. The Kier molecular flexibility index (Phi) is 5.16. The lowest BCUT2D eigenvalue weighted by molar-refractivity contribution is 0.0914. The van der Waals surface area contributed by atoms with Gasteiger partial charge in [-0.05, 0) is 39.2 Å². The van der Waals surface area contributed by atoms with E-state index in [9.17, 15) is 9.59 Å². The van der Waals surface area contributed by atoms with Crippen LogP contribution in [0.25, 0.3) is 0 Å². The molecule has 1 N–H and O–H groups in total. The second-order valence-electron chi connectivity index (χ2n) is 5.46. The van der Waals surface area contributed by atoms with Crippen molar-refractivity contribution in [3.63, 3.8) is 0 Å². The standard InChI is InChI=1S/C16H21N3O3/c1-12(18(2)3)10-17-16(21)14-8-7-13(22-14)11-19-9-5-4-6-15(19)20/h4-9,12H,10-11H2,1-3H3,(H,17,21). The van der Waals surface area contributed by atoms with Crippen molar-refractivity contribution >= 4 is 5.91 Å². The fourth-order valence-corrected chi connectivity index (χ4v) is 1.85. The van der Waals surface area contributed by atoms with E-state index in [2.05, 4.69) is 5.32 Å². The molecule has 0 aliphatic heterocycles. The second kappa shape index (κ2) is 7.09. The highest BCUT2D eigenvalue weighted by molar-refractivity contribution is 5.91. The third-order valence-electron chi connectivity index (χ3n) is 3.55. The summed E-state index contributed by atoms with van der Waals surface area (Å²) in [6.07, 6.45) is 1.68. The molecule has 6 nitrogen and oxygen atoms in total. The minimum atomic E-state index is -0.250. The lowest BCUT2D eigenvalue weighted by Gasteiger charge is -2.19. The molecule has 0 spiro atoms. The molecule has 1 atom stereocenters. The predicted molar refractivity (Wildman–Crippen MR) is 84.0 cm³/mol. The molecule has 6 heteroatoms. The molecule has 0 aliphatic rings. The zero-order valence-corrected chi connectivity index (χ0v) is 13.1. The number of nitrogens with one attached hydrogen (secondary N) is 1. The minimum absolute atomic E-state index is 0.107. The largest absolute Gasteiger partial charge is 0.454 e. The number of carbonyl (C=O) groups excluding carboxylic acids is 1. The number of aromatic nitrogens is 1. The minimum Gasteiger partial charge on any atom is -0.454 e. The fraction of sp³-hybridized carbons (Fsp3) is 0.375. The van der Waals surface area contributed by atoms with Crippen molar-refractivity contribution in [3.05, 3.63) is 58.4 Å². The smallest absolute Gasteiger partial charge is 0.287 e. The van der Waals surface area contributed by atoms with Gasteiger partial charge in [-0.1, -0.05) is 6.07 Å². The monoisotopic (exact) mass is 303 g/mol. The summed E-state index contributed by atoms with van der Waals surface area (Å²) < 4.78 is 7.03. The number of furan rings is 1. The van der Waals surface area contributed by atoms with Gasteiger partial charge < -0.3 is 19.2 Å². The van der Waals surface area contributed by atoms with Crippen LogP contribution in [-0.4, -0.2) is 42.1 Å². The Balaban J connectivity index is 1.98. The molecule has 0 saturated carbocycles. The van der Waals surface area contributed by atoms with Crippen molar-refractivity contribution in [2.75, 3.05) is 20.6 Å². The van der Waals surface area contributed by atoms with Crippen LogP contribution in [-0.2, 0) is 6.54 Å². The van der Waals surface area contributed by atoms with Crippen molar-refractivity contribution in [2.24, 2.45) is 0 Å². The van der Waals surface area contributed by atoms with Crippen LogP contribution in [0.5, 0.6) is 0 Å². The predicted octanol–water partition coefficient (Wildman–Crippen LogP) is 1.17. The molecular formula is C16H21N3O3. The van der Waals surface area contributed by atoms with Crippen LogP contribution < -0.4 is 10.9 Å². The number of likely N-dealkylation sites (N-methyl/N-ethyl adjacent to an activating group) is 1. The Morgan fingerprint density at radius 1 is 1.32 bits per heavy atom. The molecule has 0 aromatic carbocycles. The number of hydrogen-bond acceptors (Lipinski definition) is 4. The lowest BCUT2D eigenvalue weighted by atomic mass is 10.3. The van der Waals surface area contributed by atoms with Gasteiger partial charge >= 0.3 is 0 Å². The van der Waals surface area contributed by atoms with E-state index in [4.69, 9.17) is 4.42 Å². The van der Waals surface area contributed by atoms with Gasteiger partial charge in [0.1, 0.15) is 5.76 Å². The molecule has 0 aliphatic carbocycles. The van der Waals surface area contributed by atoms with Gasteiger partial charge in [-0.25, -0.2) is 0 Å². The topological polar surface area (TPSA) is 67.5 Å². The fourth-order valence-electron chi connectivity index (χ4n) is 1.85. The molecule has 1 unspecified atom stereocenters. The number of hydrogen-bond donors (Lipinski definition) is 1. The van der Waals surface area contributed by atoms with E-state index in [0.717, 1.165) is 0 Å². The van der Waals surface area contributed by atoms with Crippen molar-refractivity contribution in [2.45, 2.75) is 19.5 Å². The summed E-state index contributed by atoms with van der Waals surface area (Å²) in [6.45, 7) is 2.87. The van der Waals surface area contributed by atoms with Crippen LogP contribution in [0.15, 0.2) is 45.7 Å². The number of amides is 1. The number of carbonyl (C=O) groups is 1. The number of pyridine rings is 1. The molecule has 2 heterocycles. The van der Waals surface area contributed by atoms with E-state index in [1.807, 2.05) is 25.9 Å². The zero-order valence-electron chi connectivity index (χ0n) is 13.1. The summed E-state index contributed by atoms with van der Waals surface area (Å²) in [4.78, 5) is 25.7. The Bertz CT molecular complexity index is 688. The average molecular weight is 303 g/mol. The first-order chi connectivity index (χ1) is 10.5. The summed E-state index contributed by atoms with van der Waals surface area (Å²) in [5, 5.41) is 2.83. The van der Waals surface area contributed by atoms with Crippen LogP contribution in [0.3, 0.4) is 0 Å². The van der Waals surface area contributed by atoms with Crippen LogP contribution in [0.4, 0.5) is 0 Å². The van der Waals surface area contributed by atoms with Crippen molar-refractivity contribution in [1.82, 2.24) is 14.8 Å². The molecule has 0 fully saturated rings. The highest BCUT2D eigenvalue weighted by Crippen LogP contribution is 2.09. The molecule has 118 valence electrons. The van der Waals surface area contributed by atoms with Gasteiger partial charge in [0, 0.05) is 24.8 Å². The van der Waals surface area contributed by atoms with E-state index in [1.165, 1.54) is 10.6 Å². The molecule has 0 bridgehead atoms. The highest BCUT2D eigenvalue weighted by atomic mass is 16.4. The summed E-state index contributed by atoms with van der Waals surface area (Å²) in [7, 11) is 3.92. The van der Waals surface area contributed by atoms with Gasteiger partial charge in [0.05, 0.1) is 6.54 Å². The van der Waals surface area contributed by atoms with Crippen LogP contribution >= 0.6 is 0 Å². The van der Waals surface area contributed by atoms with E-state index in [0.29, 0.717) is 18.8 Å². The summed E-state index contributed by atoms with van der Waals surface area (Å²) in [5.41, 5.74) is -0.107. The SMILES string of the molecule is CC(CNC(=O)c1ccc(Cn2ccccc2=O)o1)N(C)C. The van der Waals surface area contributed by atoms with E-state index >= 15 is 0 Å². The Hall–Kier alpha value is -2.34. The lowest BCUT2D eigenvalue weighted by Crippen LogP contribution is -2.38. The maximum Gasteiger partial charge on any atom is 0.287 e. The van der Waals surface area contributed by atoms with Crippen LogP contribution in [0, 0.1) is 0 Å². The maximum atomic E-state index is 12.0. The van der Waals surface area contributed by atoms with Gasteiger partial charge in [0.25, 0.3) is 11.5 Å². The van der Waals surface area contributed by atoms with Gasteiger partial charge in [0.15, 0.2) is 5.76 Å². The van der Waals surface area contributed by atoms with Crippen molar-refractivity contribution in [1.29, 1.82) is 0 Å². The van der Waals surface area contributed by atoms with Gasteiger partial charge in [-0.2, -0.15) is 0 Å². The van der Waals surface area contributed by atoms with E-state index in [-0.39, 0.29) is 23.3 Å². The number of rotatable bonds is 6. The molecule has 2 rings (SSSR count). The van der Waals surface area contributed by atoms with Crippen molar-refractivity contribution in [3.8, 4) is 0 Å². The summed E-state index contributed by atoms with van der Waals surface area (Å²) in [6, 6.07) is 8.52. The zero-order chi connectivity index (χ0) is 16.1. The molecule has 22 heavy (non-hydrogen) atoms. The third-order valence-corrected chi connectivity index (χ3v) is 3.55.